The summed E-state index contributed by atoms with van der Waals surface area (Å²) in [5.74, 6) is 4.93. The molecule has 15 heavy (non-hydrogen) atoms. The molecular formula is C11H8N2O2. The summed E-state index contributed by atoms with van der Waals surface area (Å²) in [4.78, 5) is 14.6. The number of methoxy groups -OCH3 is 1. The lowest BCUT2D eigenvalue weighted by Gasteiger charge is -1.90. The molecule has 1 heterocycles. The molecule has 0 radical (unpaired) electrons. The van der Waals surface area contributed by atoms with Gasteiger partial charge in [-0.3, -0.25) is 4.79 Å². The third-order valence-corrected chi connectivity index (χ3v) is 1.57. The lowest BCUT2D eigenvalue weighted by Crippen LogP contribution is -1.97. The molecule has 74 valence electrons. The number of hydrogen-bond acceptors (Lipinski definition) is 4. The van der Waals surface area contributed by atoms with E-state index in [1.165, 1.54) is 13.3 Å². The maximum atomic E-state index is 10.7. The van der Waals surface area contributed by atoms with E-state index in [9.17, 15) is 4.79 Å². The molecule has 1 aromatic heterocycles. The monoisotopic (exact) mass is 200 g/mol. The van der Waals surface area contributed by atoms with Gasteiger partial charge >= 0.3 is 5.97 Å². The van der Waals surface area contributed by atoms with Crippen LogP contribution in [0.4, 0.5) is 0 Å². The number of nitriles is 1. The van der Waals surface area contributed by atoms with Crippen LogP contribution in [0.25, 0.3) is 0 Å². The van der Waals surface area contributed by atoms with Crippen LogP contribution in [0, 0.1) is 23.2 Å². The molecule has 1 rings (SSSR count). The molecule has 4 nitrogen and oxygen atoms in total. The van der Waals surface area contributed by atoms with Gasteiger partial charge in [-0.15, -0.1) is 0 Å². The van der Waals surface area contributed by atoms with Gasteiger partial charge in [0.25, 0.3) is 0 Å². The van der Waals surface area contributed by atoms with E-state index < -0.39 is 0 Å². The van der Waals surface area contributed by atoms with Crippen molar-refractivity contribution in [3.05, 3.63) is 29.6 Å². The molecule has 0 aliphatic rings. The SMILES string of the molecule is COC(=O)CC#Cc1ccc(C#N)cn1. The molecule has 0 unspecified atom stereocenters. The number of nitrogens with zero attached hydrogens (tertiary/aromatic N) is 2. The molecule has 4 heteroatoms. The Balaban J connectivity index is 2.65. The molecule has 0 saturated carbocycles. The second-order valence-corrected chi connectivity index (χ2v) is 2.60. The van der Waals surface area contributed by atoms with Crippen molar-refractivity contribution < 1.29 is 9.53 Å². The van der Waals surface area contributed by atoms with Crippen molar-refractivity contribution in [2.75, 3.05) is 7.11 Å². The minimum absolute atomic E-state index is 0.0399. The van der Waals surface area contributed by atoms with Gasteiger partial charge in [0.15, 0.2) is 0 Å². The van der Waals surface area contributed by atoms with E-state index in [-0.39, 0.29) is 12.4 Å². The van der Waals surface area contributed by atoms with Crippen LogP contribution in [0.3, 0.4) is 0 Å². The van der Waals surface area contributed by atoms with Crippen LogP contribution in [0.15, 0.2) is 18.3 Å². The summed E-state index contributed by atoms with van der Waals surface area (Å²) >= 11 is 0. The Morgan fingerprint density at radius 3 is 2.93 bits per heavy atom. The lowest BCUT2D eigenvalue weighted by molar-refractivity contribution is -0.139. The first kappa shape index (κ1) is 10.7. The van der Waals surface area contributed by atoms with Crippen LogP contribution >= 0.6 is 0 Å². The summed E-state index contributed by atoms with van der Waals surface area (Å²) in [7, 11) is 1.31. The highest BCUT2D eigenvalue weighted by atomic mass is 16.5. The van der Waals surface area contributed by atoms with Crippen LogP contribution in [0.5, 0.6) is 0 Å². The molecule has 0 aliphatic heterocycles. The highest BCUT2D eigenvalue weighted by Crippen LogP contribution is 1.96. The lowest BCUT2D eigenvalue weighted by atomic mass is 10.2. The molecular weight excluding hydrogens is 192 g/mol. The highest BCUT2D eigenvalue weighted by Gasteiger charge is 1.94. The van der Waals surface area contributed by atoms with Crippen LogP contribution < -0.4 is 0 Å². The molecule has 0 aliphatic carbocycles. The average molecular weight is 200 g/mol. The number of carbonyl (C=O) groups is 1. The van der Waals surface area contributed by atoms with Gasteiger partial charge in [0.05, 0.1) is 12.7 Å². The first-order chi connectivity index (χ1) is 7.26. The number of pyridine rings is 1. The van der Waals surface area contributed by atoms with Gasteiger partial charge in [-0.1, -0.05) is 5.92 Å². The van der Waals surface area contributed by atoms with E-state index in [4.69, 9.17) is 5.26 Å². The van der Waals surface area contributed by atoms with Gasteiger partial charge in [-0.25, -0.2) is 4.98 Å². The summed E-state index contributed by atoms with van der Waals surface area (Å²) in [5, 5.41) is 8.52. The minimum atomic E-state index is -0.379. The van der Waals surface area contributed by atoms with Crippen LogP contribution in [0.1, 0.15) is 17.7 Å². The second-order valence-electron chi connectivity index (χ2n) is 2.60. The Kier molecular flexibility index (Phi) is 3.88. The number of ether oxygens (including phenoxy) is 1. The van der Waals surface area contributed by atoms with E-state index in [0.717, 1.165) is 0 Å². The highest BCUT2D eigenvalue weighted by molar-refractivity contribution is 5.72. The number of aromatic nitrogens is 1. The largest absolute Gasteiger partial charge is 0.468 e. The molecule has 0 amide bonds. The van der Waals surface area contributed by atoms with Crippen molar-refractivity contribution in [2.24, 2.45) is 0 Å². The molecule has 0 aromatic carbocycles. The fraction of sp³-hybridized carbons (Fsp3) is 0.182. The Morgan fingerprint density at radius 2 is 2.40 bits per heavy atom. The quantitative estimate of drug-likeness (QED) is 0.498. The molecule has 0 N–H and O–H groups in total. The van der Waals surface area contributed by atoms with Gasteiger partial charge in [0.1, 0.15) is 18.2 Å². The van der Waals surface area contributed by atoms with Crippen LogP contribution in [-0.2, 0) is 9.53 Å². The maximum Gasteiger partial charge on any atom is 0.317 e. The standard InChI is InChI=1S/C11H8N2O2/c1-15-11(14)4-2-3-10-6-5-9(7-12)8-13-10/h5-6,8H,4H2,1H3. The fourth-order valence-corrected chi connectivity index (χ4v) is 0.813. The van der Waals surface area contributed by atoms with Crippen molar-refractivity contribution in [1.29, 1.82) is 5.26 Å². The number of hydrogen-bond donors (Lipinski definition) is 0. The Hall–Kier alpha value is -2.33. The maximum absolute atomic E-state index is 10.7. The van der Waals surface area contributed by atoms with E-state index in [1.54, 1.807) is 12.1 Å². The zero-order chi connectivity index (χ0) is 11.1. The van der Waals surface area contributed by atoms with Gasteiger partial charge in [-0.2, -0.15) is 5.26 Å². The molecule has 0 fully saturated rings. The van der Waals surface area contributed by atoms with Crippen LogP contribution in [-0.4, -0.2) is 18.1 Å². The zero-order valence-corrected chi connectivity index (χ0v) is 8.15. The van der Waals surface area contributed by atoms with Gasteiger partial charge in [0.2, 0.25) is 0 Å². The Bertz CT molecular complexity index is 446. The van der Waals surface area contributed by atoms with Gasteiger partial charge in [-0.05, 0) is 18.1 Å². The van der Waals surface area contributed by atoms with Crippen molar-refractivity contribution >= 4 is 5.97 Å². The van der Waals surface area contributed by atoms with Crippen molar-refractivity contribution in [1.82, 2.24) is 4.98 Å². The third kappa shape index (κ3) is 3.50. The molecule has 1 aromatic rings. The van der Waals surface area contributed by atoms with Gasteiger partial charge in [0, 0.05) is 6.20 Å². The normalized spacial score (nSPS) is 8.27. The minimum Gasteiger partial charge on any atom is -0.468 e. The fourth-order valence-electron chi connectivity index (χ4n) is 0.813. The van der Waals surface area contributed by atoms with Crippen molar-refractivity contribution in [2.45, 2.75) is 6.42 Å². The third-order valence-electron chi connectivity index (χ3n) is 1.57. The van der Waals surface area contributed by atoms with E-state index >= 15 is 0 Å². The Labute approximate surface area is 87.5 Å². The van der Waals surface area contributed by atoms with Crippen molar-refractivity contribution in [3.8, 4) is 17.9 Å². The second kappa shape index (κ2) is 5.41. The summed E-state index contributed by atoms with van der Waals surface area (Å²) in [6.45, 7) is 0. The molecule has 0 spiro atoms. The zero-order valence-electron chi connectivity index (χ0n) is 8.15. The van der Waals surface area contributed by atoms with Crippen molar-refractivity contribution in [3.63, 3.8) is 0 Å². The molecule has 0 bridgehead atoms. The van der Waals surface area contributed by atoms with E-state index in [1.807, 2.05) is 6.07 Å². The first-order valence-electron chi connectivity index (χ1n) is 4.18. The predicted molar refractivity (Wildman–Crippen MR) is 52.5 cm³/mol. The summed E-state index contributed by atoms with van der Waals surface area (Å²) in [6, 6.07) is 5.20. The number of esters is 1. The molecule has 0 atom stereocenters. The number of carbonyl (C=O) groups excluding carboxylic acids is 1. The van der Waals surface area contributed by atoms with E-state index in [0.29, 0.717) is 11.3 Å². The van der Waals surface area contributed by atoms with E-state index in [2.05, 4.69) is 21.6 Å². The number of rotatable bonds is 1. The predicted octanol–water partition coefficient (Wildman–Crippen LogP) is 0.868. The summed E-state index contributed by atoms with van der Waals surface area (Å²) in [6.07, 6.45) is 1.47. The Morgan fingerprint density at radius 1 is 1.60 bits per heavy atom. The van der Waals surface area contributed by atoms with Crippen LogP contribution in [0.2, 0.25) is 0 Å². The average Bonchev–Trinajstić information content (AvgIpc) is 2.29. The smallest absolute Gasteiger partial charge is 0.317 e. The summed E-state index contributed by atoms with van der Waals surface area (Å²) < 4.78 is 4.42. The van der Waals surface area contributed by atoms with Gasteiger partial charge < -0.3 is 4.74 Å². The first-order valence-corrected chi connectivity index (χ1v) is 4.18. The summed E-state index contributed by atoms with van der Waals surface area (Å²) in [5.41, 5.74) is 1.01. The topological polar surface area (TPSA) is 63.0 Å². The molecule has 0 saturated heterocycles.